The third-order valence-electron chi connectivity index (χ3n) is 3.69. The van der Waals surface area contributed by atoms with Crippen LogP contribution in [0.2, 0.25) is 0 Å². The number of halogens is 6. The molecule has 1 aliphatic carbocycles. The number of fused-ring (bicyclic) bond motifs is 1. The molecule has 118 valence electrons. The van der Waals surface area contributed by atoms with Gasteiger partial charge >= 0.3 is 12.4 Å². The van der Waals surface area contributed by atoms with Crippen LogP contribution in [0.3, 0.4) is 0 Å². The summed E-state index contributed by atoms with van der Waals surface area (Å²) in [7, 11) is 0. The topological polar surface area (TPSA) is 50.9 Å². The molecule has 2 rings (SSSR count). The highest BCUT2D eigenvalue weighted by molar-refractivity contribution is 5.30. The first kappa shape index (κ1) is 16.0. The van der Waals surface area contributed by atoms with Gasteiger partial charge in [0.25, 0.3) is 0 Å². The molecule has 1 aromatic rings. The molecule has 2 atom stereocenters. The molecule has 1 aromatic heterocycles. The predicted molar refractivity (Wildman–Crippen MR) is 62.0 cm³/mol. The molecule has 0 amide bonds. The van der Waals surface area contributed by atoms with Crippen molar-refractivity contribution in [3.8, 4) is 0 Å². The fourth-order valence-electron chi connectivity index (χ4n) is 2.83. The minimum Gasteiger partial charge on any atom is -0.271 e. The number of hydrogen-bond donors (Lipinski definition) is 2. The van der Waals surface area contributed by atoms with Crippen LogP contribution >= 0.6 is 0 Å². The van der Waals surface area contributed by atoms with Crippen molar-refractivity contribution in [3.63, 3.8) is 0 Å². The summed E-state index contributed by atoms with van der Waals surface area (Å²) in [5.74, 6) is 0.464. The third-order valence-corrected chi connectivity index (χ3v) is 3.69. The monoisotopic (exact) mass is 313 g/mol. The maximum absolute atomic E-state index is 12.8. The summed E-state index contributed by atoms with van der Waals surface area (Å²) in [6.07, 6.45) is -9.00. The smallest absolute Gasteiger partial charge is 0.271 e. The second-order valence-electron chi connectivity index (χ2n) is 4.95. The van der Waals surface area contributed by atoms with Gasteiger partial charge in [0.1, 0.15) is 0 Å². The Hall–Kier alpha value is -1.35. The predicted octanol–water partition coefficient (Wildman–Crippen LogP) is 2.68. The first-order valence-electron chi connectivity index (χ1n) is 6.19. The highest BCUT2D eigenvalue weighted by atomic mass is 19.4. The van der Waals surface area contributed by atoms with Crippen molar-refractivity contribution in [3.05, 3.63) is 29.6 Å². The number of nitrogens with two attached hydrogens (primary N) is 1. The van der Waals surface area contributed by atoms with Crippen molar-refractivity contribution in [2.24, 2.45) is 11.8 Å². The molecule has 9 heteroatoms. The van der Waals surface area contributed by atoms with Crippen LogP contribution in [0.25, 0.3) is 0 Å². The molecule has 0 saturated heterocycles. The van der Waals surface area contributed by atoms with Gasteiger partial charge < -0.3 is 0 Å². The summed E-state index contributed by atoms with van der Waals surface area (Å²) in [6, 6.07) is 1.24. The number of aromatic nitrogens is 1. The normalized spacial score (nSPS) is 20.7. The first-order chi connectivity index (χ1) is 9.66. The van der Waals surface area contributed by atoms with E-state index in [0.717, 1.165) is 0 Å². The number of pyridine rings is 1. The Morgan fingerprint density at radius 1 is 1.19 bits per heavy atom. The fourth-order valence-corrected chi connectivity index (χ4v) is 2.83. The molecule has 1 heterocycles. The third kappa shape index (κ3) is 3.13. The number of alkyl halides is 6. The lowest BCUT2D eigenvalue weighted by Gasteiger charge is -2.33. The highest BCUT2D eigenvalue weighted by Gasteiger charge is 2.62. The number of nitrogens with one attached hydrogen (secondary N) is 1. The van der Waals surface area contributed by atoms with Crippen molar-refractivity contribution in [1.82, 2.24) is 10.4 Å². The Morgan fingerprint density at radius 3 is 2.33 bits per heavy atom. The van der Waals surface area contributed by atoms with Crippen molar-refractivity contribution < 1.29 is 26.3 Å². The molecule has 0 bridgehead atoms. The van der Waals surface area contributed by atoms with Gasteiger partial charge in [0.2, 0.25) is 0 Å². The van der Waals surface area contributed by atoms with Gasteiger partial charge in [0.05, 0.1) is 0 Å². The quantitative estimate of drug-likeness (QED) is 0.512. The molecule has 0 aliphatic heterocycles. The van der Waals surface area contributed by atoms with E-state index in [9.17, 15) is 26.3 Å². The maximum atomic E-state index is 12.8. The molecule has 21 heavy (non-hydrogen) atoms. The molecule has 2 unspecified atom stereocenters. The van der Waals surface area contributed by atoms with E-state index in [0.29, 0.717) is 12.0 Å². The van der Waals surface area contributed by atoms with Gasteiger partial charge in [-0.2, -0.15) is 26.3 Å². The van der Waals surface area contributed by atoms with Crippen molar-refractivity contribution >= 4 is 0 Å². The van der Waals surface area contributed by atoms with Crippen LogP contribution in [0.15, 0.2) is 18.3 Å². The van der Waals surface area contributed by atoms with E-state index in [1.807, 2.05) is 0 Å². The van der Waals surface area contributed by atoms with Gasteiger partial charge in [-0.15, -0.1) is 0 Å². The zero-order valence-corrected chi connectivity index (χ0v) is 10.7. The number of nitrogens with zero attached hydrogens (tertiary/aromatic N) is 1. The summed E-state index contributed by atoms with van der Waals surface area (Å²) in [4.78, 5) is 3.93. The van der Waals surface area contributed by atoms with E-state index in [2.05, 4.69) is 4.98 Å². The summed E-state index contributed by atoms with van der Waals surface area (Å²) < 4.78 is 77.1. The summed E-state index contributed by atoms with van der Waals surface area (Å²) in [5.41, 5.74) is 2.63. The van der Waals surface area contributed by atoms with Crippen LogP contribution in [-0.4, -0.2) is 23.4 Å². The Morgan fingerprint density at radius 2 is 1.81 bits per heavy atom. The lowest BCUT2D eigenvalue weighted by Crippen LogP contribution is -2.55. The van der Waals surface area contributed by atoms with Gasteiger partial charge in [0.15, 0.2) is 5.92 Å². The summed E-state index contributed by atoms with van der Waals surface area (Å²) in [6.45, 7) is 0. The average molecular weight is 313 g/mol. The van der Waals surface area contributed by atoms with Crippen LogP contribution in [0.1, 0.15) is 23.6 Å². The second kappa shape index (κ2) is 5.45. The zero-order valence-electron chi connectivity index (χ0n) is 10.7. The molecule has 0 saturated carbocycles. The van der Waals surface area contributed by atoms with Crippen molar-refractivity contribution in [1.29, 1.82) is 0 Å². The standard InChI is InChI=1S/C12H13F6N3/c13-11(14,15)10(12(16,17)18)9(21-19)7-4-3-6-2-1-5-20-8(6)7/h1-2,5,7,9-10,21H,3-4,19H2. The molecule has 3 N–H and O–H groups in total. The van der Waals surface area contributed by atoms with Crippen LogP contribution in [0.5, 0.6) is 0 Å². The zero-order chi connectivity index (χ0) is 15.8. The minimum absolute atomic E-state index is 0.143. The van der Waals surface area contributed by atoms with Crippen molar-refractivity contribution in [2.75, 3.05) is 0 Å². The lowest BCUT2D eigenvalue weighted by atomic mass is 9.85. The largest absolute Gasteiger partial charge is 0.402 e. The first-order valence-corrected chi connectivity index (χ1v) is 6.19. The molecule has 0 radical (unpaired) electrons. The maximum Gasteiger partial charge on any atom is 0.402 e. The molecule has 0 fully saturated rings. The Labute approximate surface area is 116 Å². The van der Waals surface area contributed by atoms with E-state index in [1.165, 1.54) is 6.20 Å². The van der Waals surface area contributed by atoms with Gasteiger partial charge in [-0.1, -0.05) is 6.07 Å². The number of hydrazine groups is 1. The van der Waals surface area contributed by atoms with E-state index < -0.39 is 30.2 Å². The van der Waals surface area contributed by atoms with E-state index in [1.54, 1.807) is 17.6 Å². The van der Waals surface area contributed by atoms with Gasteiger partial charge in [-0.3, -0.25) is 16.3 Å². The van der Waals surface area contributed by atoms with Gasteiger partial charge in [-0.25, -0.2) is 0 Å². The number of hydrogen-bond acceptors (Lipinski definition) is 3. The molecule has 0 aromatic carbocycles. The number of rotatable bonds is 3. The summed E-state index contributed by atoms with van der Waals surface area (Å²) in [5, 5.41) is 0. The van der Waals surface area contributed by atoms with E-state index in [4.69, 9.17) is 5.84 Å². The van der Waals surface area contributed by atoms with Crippen LogP contribution < -0.4 is 11.3 Å². The fraction of sp³-hybridized carbons (Fsp3) is 0.583. The van der Waals surface area contributed by atoms with E-state index >= 15 is 0 Å². The Bertz CT molecular complexity index is 485. The van der Waals surface area contributed by atoms with Crippen molar-refractivity contribution in [2.45, 2.75) is 37.2 Å². The van der Waals surface area contributed by atoms with E-state index in [-0.39, 0.29) is 12.1 Å². The lowest BCUT2D eigenvalue weighted by molar-refractivity contribution is -0.293. The van der Waals surface area contributed by atoms with Crippen LogP contribution in [-0.2, 0) is 6.42 Å². The highest BCUT2D eigenvalue weighted by Crippen LogP contribution is 2.47. The van der Waals surface area contributed by atoms with Crippen LogP contribution in [0, 0.1) is 5.92 Å². The molecule has 0 spiro atoms. The SMILES string of the molecule is NNC(C1CCc2cccnc21)C(C(F)(F)F)C(F)(F)F. The minimum atomic E-state index is -5.44. The van der Waals surface area contributed by atoms with Gasteiger partial charge in [-0.05, 0) is 24.5 Å². The Kier molecular flexibility index (Phi) is 4.16. The van der Waals surface area contributed by atoms with Gasteiger partial charge in [0, 0.05) is 23.9 Å². The number of aryl methyl sites for hydroxylation is 1. The molecular weight excluding hydrogens is 300 g/mol. The second-order valence-corrected chi connectivity index (χ2v) is 4.95. The molecule has 3 nitrogen and oxygen atoms in total. The molecular formula is C12H13F6N3. The molecule has 1 aliphatic rings. The summed E-state index contributed by atoms with van der Waals surface area (Å²) >= 11 is 0. The van der Waals surface area contributed by atoms with Crippen LogP contribution in [0.4, 0.5) is 26.3 Å². The average Bonchev–Trinajstić information content (AvgIpc) is 2.76. The Balaban J connectivity index is 2.39.